The van der Waals surface area contributed by atoms with Crippen LogP contribution in [0.1, 0.15) is 45.1 Å². The number of benzene rings is 1. The molecule has 0 fully saturated rings. The van der Waals surface area contributed by atoms with Gasteiger partial charge >= 0.3 is 0 Å². The highest BCUT2D eigenvalue weighted by molar-refractivity contribution is 5.76. The number of hydrogen-bond acceptors (Lipinski definition) is 3. The van der Waals surface area contributed by atoms with Crippen molar-refractivity contribution in [2.75, 3.05) is 13.2 Å². The number of aliphatic hydroxyl groups excluding tert-OH is 1. The minimum absolute atomic E-state index is 0.0142. The van der Waals surface area contributed by atoms with Crippen molar-refractivity contribution >= 4 is 5.91 Å². The molecule has 0 spiro atoms. The molecule has 21 heavy (non-hydrogen) atoms. The van der Waals surface area contributed by atoms with Gasteiger partial charge in [-0.3, -0.25) is 4.79 Å². The molecule has 0 radical (unpaired) electrons. The van der Waals surface area contributed by atoms with Crippen molar-refractivity contribution in [2.45, 2.75) is 52.0 Å². The Morgan fingerprint density at radius 2 is 2.00 bits per heavy atom. The first-order valence-corrected chi connectivity index (χ1v) is 7.60. The highest BCUT2D eigenvalue weighted by atomic mass is 16.5. The molecule has 0 heterocycles. The van der Waals surface area contributed by atoms with E-state index in [9.17, 15) is 4.79 Å². The van der Waals surface area contributed by atoms with Gasteiger partial charge in [0, 0.05) is 18.6 Å². The van der Waals surface area contributed by atoms with E-state index in [1.807, 2.05) is 45.0 Å². The minimum atomic E-state index is -0.316. The highest BCUT2D eigenvalue weighted by Crippen LogP contribution is 2.15. The Balaban J connectivity index is 2.25. The Morgan fingerprint density at radius 1 is 1.33 bits per heavy atom. The van der Waals surface area contributed by atoms with Crippen LogP contribution in [-0.2, 0) is 4.79 Å². The van der Waals surface area contributed by atoms with E-state index in [2.05, 4.69) is 5.32 Å². The van der Waals surface area contributed by atoms with Crippen LogP contribution in [0.25, 0.3) is 0 Å². The maximum Gasteiger partial charge on any atom is 0.220 e. The van der Waals surface area contributed by atoms with Crippen LogP contribution in [0.4, 0.5) is 0 Å². The third-order valence-corrected chi connectivity index (χ3v) is 3.72. The molecule has 1 atom stereocenters. The summed E-state index contributed by atoms with van der Waals surface area (Å²) >= 11 is 0. The molecule has 1 unspecified atom stereocenters. The number of nitrogens with one attached hydrogen (secondary N) is 1. The number of amides is 1. The van der Waals surface area contributed by atoms with Gasteiger partial charge in [-0.25, -0.2) is 0 Å². The van der Waals surface area contributed by atoms with E-state index < -0.39 is 0 Å². The Bertz CT molecular complexity index is 430. The molecule has 0 aromatic heterocycles. The van der Waals surface area contributed by atoms with Gasteiger partial charge in [-0.1, -0.05) is 24.6 Å². The fourth-order valence-corrected chi connectivity index (χ4v) is 2.03. The van der Waals surface area contributed by atoms with Crippen LogP contribution < -0.4 is 10.1 Å². The summed E-state index contributed by atoms with van der Waals surface area (Å²) in [5.74, 6) is 0.847. The summed E-state index contributed by atoms with van der Waals surface area (Å²) in [5.41, 5.74) is 0.883. The van der Waals surface area contributed by atoms with Gasteiger partial charge in [-0.2, -0.15) is 0 Å². The average molecular weight is 293 g/mol. The summed E-state index contributed by atoms with van der Waals surface area (Å²) < 4.78 is 5.60. The first-order chi connectivity index (χ1) is 9.99. The van der Waals surface area contributed by atoms with Crippen LogP contribution in [-0.4, -0.2) is 29.8 Å². The van der Waals surface area contributed by atoms with E-state index >= 15 is 0 Å². The maximum atomic E-state index is 11.9. The van der Waals surface area contributed by atoms with Crippen molar-refractivity contribution in [1.82, 2.24) is 5.32 Å². The smallest absolute Gasteiger partial charge is 0.220 e. The molecular weight excluding hydrogens is 266 g/mol. The molecule has 0 bridgehead atoms. The Morgan fingerprint density at radius 3 is 2.57 bits per heavy atom. The predicted molar refractivity (Wildman–Crippen MR) is 84.4 cm³/mol. The Labute approximate surface area is 127 Å². The molecule has 0 saturated carbocycles. The molecule has 1 aromatic carbocycles. The first kappa shape index (κ1) is 17.5. The minimum Gasteiger partial charge on any atom is -0.494 e. The molecular formula is C17H27NO3. The van der Waals surface area contributed by atoms with E-state index in [1.54, 1.807) is 0 Å². The van der Waals surface area contributed by atoms with Crippen LogP contribution in [0.15, 0.2) is 24.3 Å². The topological polar surface area (TPSA) is 58.6 Å². The zero-order valence-electron chi connectivity index (χ0n) is 13.3. The van der Waals surface area contributed by atoms with E-state index in [0.717, 1.165) is 12.2 Å². The van der Waals surface area contributed by atoms with Crippen molar-refractivity contribution in [2.24, 2.45) is 0 Å². The van der Waals surface area contributed by atoms with E-state index in [-0.39, 0.29) is 18.1 Å². The zero-order valence-corrected chi connectivity index (χ0v) is 13.3. The van der Waals surface area contributed by atoms with Gasteiger partial charge in [0.25, 0.3) is 0 Å². The predicted octanol–water partition coefficient (Wildman–Crippen LogP) is 2.82. The van der Waals surface area contributed by atoms with Gasteiger partial charge < -0.3 is 15.2 Å². The molecule has 118 valence electrons. The molecule has 0 aliphatic rings. The Kier molecular flexibility index (Phi) is 7.23. The third-order valence-electron chi connectivity index (χ3n) is 3.72. The second-order valence-corrected chi connectivity index (χ2v) is 5.70. The second kappa shape index (κ2) is 8.67. The van der Waals surface area contributed by atoms with E-state index in [1.165, 1.54) is 5.56 Å². The number of carbonyl (C=O) groups excluding carboxylic acids is 1. The van der Waals surface area contributed by atoms with Gasteiger partial charge in [0.1, 0.15) is 5.75 Å². The van der Waals surface area contributed by atoms with Gasteiger partial charge in [-0.15, -0.1) is 0 Å². The number of rotatable bonds is 9. The quantitative estimate of drug-likeness (QED) is 0.688. The fourth-order valence-electron chi connectivity index (χ4n) is 2.03. The van der Waals surface area contributed by atoms with Gasteiger partial charge in [-0.05, 0) is 45.2 Å². The van der Waals surface area contributed by atoms with Crippen molar-refractivity contribution in [1.29, 1.82) is 0 Å². The summed E-state index contributed by atoms with van der Waals surface area (Å²) in [5, 5.41) is 12.0. The molecule has 0 saturated heterocycles. The largest absolute Gasteiger partial charge is 0.494 e. The van der Waals surface area contributed by atoms with Crippen LogP contribution in [0.2, 0.25) is 0 Å². The monoisotopic (exact) mass is 293 g/mol. The summed E-state index contributed by atoms with van der Waals surface area (Å²) in [4.78, 5) is 11.9. The van der Waals surface area contributed by atoms with Gasteiger partial charge in [0.05, 0.1) is 6.61 Å². The standard InChI is InChI=1S/C17H27NO3/c1-4-17(3,11-12-19)18-16(20)6-5-13-21-15-9-7-14(2)8-10-15/h7-10,19H,4-6,11-13H2,1-3H3,(H,18,20). The van der Waals surface area contributed by atoms with Crippen molar-refractivity contribution in [3.05, 3.63) is 29.8 Å². The summed E-state index contributed by atoms with van der Waals surface area (Å²) in [6.45, 7) is 6.62. The Hall–Kier alpha value is -1.55. The van der Waals surface area contributed by atoms with Crippen LogP contribution >= 0.6 is 0 Å². The third kappa shape index (κ3) is 6.63. The lowest BCUT2D eigenvalue weighted by atomic mass is 9.94. The van der Waals surface area contributed by atoms with Crippen LogP contribution in [0.5, 0.6) is 5.75 Å². The lowest BCUT2D eigenvalue weighted by Gasteiger charge is -2.29. The molecule has 1 rings (SSSR count). The first-order valence-electron chi connectivity index (χ1n) is 7.60. The average Bonchev–Trinajstić information content (AvgIpc) is 2.45. The van der Waals surface area contributed by atoms with Crippen LogP contribution in [0.3, 0.4) is 0 Å². The van der Waals surface area contributed by atoms with Gasteiger partial charge in [0.15, 0.2) is 0 Å². The van der Waals surface area contributed by atoms with Crippen LogP contribution in [0, 0.1) is 6.92 Å². The number of aliphatic hydroxyl groups is 1. The number of hydrogen-bond donors (Lipinski definition) is 2. The summed E-state index contributed by atoms with van der Waals surface area (Å²) in [7, 11) is 0. The molecule has 0 aliphatic carbocycles. The fraction of sp³-hybridized carbons (Fsp3) is 0.588. The molecule has 0 aliphatic heterocycles. The number of carbonyl (C=O) groups is 1. The van der Waals surface area contributed by atoms with Crippen molar-refractivity contribution in [3.8, 4) is 5.75 Å². The highest BCUT2D eigenvalue weighted by Gasteiger charge is 2.23. The molecule has 4 nitrogen and oxygen atoms in total. The molecule has 1 aromatic rings. The van der Waals surface area contributed by atoms with E-state index in [4.69, 9.17) is 9.84 Å². The molecule has 1 amide bonds. The second-order valence-electron chi connectivity index (χ2n) is 5.70. The van der Waals surface area contributed by atoms with Crippen molar-refractivity contribution in [3.63, 3.8) is 0 Å². The zero-order chi connectivity index (χ0) is 15.7. The lowest BCUT2D eigenvalue weighted by Crippen LogP contribution is -2.46. The molecule has 2 N–H and O–H groups in total. The lowest BCUT2D eigenvalue weighted by molar-refractivity contribution is -0.123. The van der Waals surface area contributed by atoms with Crippen molar-refractivity contribution < 1.29 is 14.6 Å². The summed E-state index contributed by atoms with van der Waals surface area (Å²) in [6.07, 6.45) is 2.50. The maximum absolute atomic E-state index is 11.9. The van der Waals surface area contributed by atoms with E-state index in [0.29, 0.717) is 25.9 Å². The normalized spacial score (nSPS) is 13.5. The molecule has 4 heteroatoms. The SMILES string of the molecule is CCC(C)(CCO)NC(=O)CCCOc1ccc(C)cc1. The summed E-state index contributed by atoms with van der Waals surface area (Å²) in [6, 6.07) is 7.88. The number of ether oxygens (including phenoxy) is 1. The van der Waals surface area contributed by atoms with Gasteiger partial charge in [0.2, 0.25) is 5.91 Å². The number of aryl methyl sites for hydroxylation is 1.